The summed E-state index contributed by atoms with van der Waals surface area (Å²) < 4.78 is 19.2. The van der Waals surface area contributed by atoms with E-state index < -0.39 is 5.82 Å². The Morgan fingerprint density at radius 2 is 2.21 bits per heavy atom. The highest BCUT2D eigenvalue weighted by atomic mass is 19.1. The van der Waals surface area contributed by atoms with Gasteiger partial charge in [0.05, 0.1) is 11.2 Å². The zero-order valence-corrected chi connectivity index (χ0v) is 11.7. The van der Waals surface area contributed by atoms with E-state index in [1.54, 1.807) is 24.1 Å². The van der Waals surface area contributed by atoms with Crippen LogP contribution in [0.3, 0.4) is 0 Å². The van der Waals surface area contributed by atoms with Crippen molar-refractivity contribution in [2.24, 2.45) is 0 Å². The number of piperidine rings is 1. The number of hydrogen-bond donors (Lipinski definition) is 0. The molecule has 1 fully saturated rings. The number of aryl methyl sites for hydroxylation is 1. The molecular formula is C15H20FNO2. The monoisotopic (exact) mass is 265 g/mol. The third kappa shape index (κ3) is 2.95. The van der Waals surface area contributed by atoms with Crippen LogP contribution in [-0.4, -0.2) is 36.6 Å². The number of benzene rings is 1. The van der Waals surface area contributed by atoms with Crippen molar-refractivity contribution in [2.75, 3.05) is 20.2 Å². The minimum atomic E-state index is -0.458. The molecule has 1 amide bonds. The largest absolute Gasteiger partial charge is 0.377 e. The molecule has 0 aliphatic carbocycles. The van der Waals surface area contributed by atoms with Crippen LogP contribution in [0, 0.1) is 12.7 Å². The second kappa shape index (κ2) is 5.29. The SMILES string of the molecule is COC1(C)CCCN(C(=O)c2cc(C)ccc2F)C1. The van der Waals surface area contributed by atoms with Crippen LogP contribution in [0.2, 0.25) is 0 Å². The van der Waals surface area contributed by atoms with Gasteiger partial charge in [-0.3, -0.25) is 4.79 Å². The van der Waals surface area contributed by atoms with Gasteiger partial charge in [-0.15, -0.1) is 0 Å². The number of ether oxygens (including phenoxy) is 1. The zero-order valence-electron chi connectivity index (χ0n) is 11.7. The van der Waals surface area contributed by atoms with Crippen molar-refractivity contribution in [3.63, 3.8) is 0 Å². The molecule has 0 aromatic heterocycles. The number of rotatable bonds is 2. The molecule has 0 saturated carbocycles. The summed E-state index contributed by atoms with van der Waals surface area (Å²) in [7, 11) is 1.65. The summed E-state index contributed by atoms with van der Waals surface area (Å²) in [6, 6.07) is 4.63. The molecule has 0 N–H and O–H groups in total. The molecule has 1 heterocycles. The van der Waals surface area contributed by atoms with Gasteiger partial charge in [-0.1, -0.05) is 11.6 Å². The van der Waals surface area contributed by atoms with E-state index in [-0.39, 0.29) is 17.1 Å². The van der Waals surface area contributed by atoms with Gasteiger partial charge in [0, 0.05) is 20.2 Å². The Bertz CT molecular complexity index is 489. The summed E-state index contributed by atoms with van der Waals surface area (Å²) in [6.45, 7) is 5.01. The van der Waals surface area contributed by atoms with Gasteiger partial charge in [-0.05, 0) is 38.8 Å². The maximum Gasteiger partial charge on any atom is 0.256 e. The molecule has 1 aliphatic rings. The third-order valence-electron chi connectivity index (χ3n) is 3.79. The van der Waals surface area contributed by atoms with Crippen LogP contribution in [0.4, 0.5) is 4.39 Å². The minimum Gasteiger partial charge on any atom is -0.377 e. The first-order valence-corrected chi connectivity index (χ1v) is 6.56. The molecule has 1 aromatic rings. The van der Waals surface area contributed by atoms with Crippen molar-refractivity contribution in [3.8, 4) is 0 Å². The highest BCUT2D eigenvalue weighted by Gasteiger charge is 2.33. The van der Waals surface area contributed by atoms with Gasteiger partial charge in [0.2, 0.25) is 0 Å². The van der Waals surface area contributed by atoms with E-state index in [1.807, 2.05) is 13.8 Å². The molecule has 0 radical (unpaired) electrons. The van der Waals surface area contributed by atoms with Crippen molar-refractivity contribution in [1.29, 1.82) is 0 Å². The second-order valence-corrected chi connectivity index (χ2v) is 5.47. The number of methoxy groups -OCH3 is 1. The van der Waals surface area contributed by atoms with Gasteiger partial charge in [-0.2, -0.15) is 0 Å². The number of hydrogen-bond acceptors (Lipinski definition) is 2. The van der Waals surface area contributed by atoms with Crippen LogP contribution in [0.15, 0.2) is 18.2 Å². The topological polar surface area (TPSA) is 29.5 Å². The van der Waals surface area contributed by atoms with Gasteiger partial charge in [-0.25, -0.2) is 4.39 Å². The van der Waals surface area contributed by atoms with E-state index >= 15 is 0 Å². The van der Waals surface area contributed by atoms with Crippen molar-refractivity contribution >= 4 is 5.91 Å². The van der Waals surface area contributed by atoms with Crippen LogP contribution < -0.4 is 0 Å². The fourth-order valence-corrected chi connectivity index (χ4v) is 2.52. The van der Waals surface area contributed by atoms with E-state index in [9.17, 15) is 9.18 Å². The molecule has 0 bridgehead atoms. The predicted octanol–water partition coefficient (Wildman–Crippen LogP) is 2.78. The Labute approximate surface area is 113 Å². The molecule has 104 valence electrons. The summed E-state index contributed by atoms with van der Waals surface area (Å²) in [4.78, 5) is 14.1. The molecule has 3 nitrogen and oxygen atoms in total. The van der Waals surface area contributed by atoms with E-state index in [1.165, 1.54) is 6.07 Å². The van der Waals surface area contributed by atoms with Crippen LogP contribution in [0.5, 0.6) is 0 Å². The number of nitrogens with zero attached hydrogens (tertiary/aromatic N) is 1. The zero-order chi connectivity index (χ0) is 14.0. The molecule has 19 heavy (non-hydrogen) atoms. The number of likely N-dealkylation sites (tertiary alicyclic amines) is 1. The minimum absolute atomic E-state index is 0.153. The van der Waals surface area contributed by atoms with Crippen LogP contribution in [-0.2, 0) is 4.74 Å². The fraction of sp³-hybridized carbons (Fsp3) is 0.533. The average molecular weight is 265 g/mol. The first-order valence-electron chi connectivity index (χ1n) is 6.56. The predicted molar refractivity (Wildman–Crippen MR) is 71.7 cm³/mol. The second-order valence-electron chi connectivity index (χ2n) is 5.47. The normalized spacial score (nSPS) is 23.5. The van der Waals surface area contributed by atoms with Crippen LogP contribution >= 0.6 is 0 Å². The number of halogens is 1. The van der Waals surface area contributed by atoms with E-state index in [0.717, 1.165) is 18.4 Å². The van der Waals surface area contributed by atoms with E-state index in [4.69, 9.17) is 4.74 Å². The van der Waals surface area contributed by atoms with Gasteiger partial charge in [0.15, 0.2) is 0 Å². The molecule has 0 spiro atoms. The summed E-state index contributed by atoms with van der Waals surface area (Å²) in [5.41, 5.74) is 0.713. The summed E-state index contributed by atoms with van der Waals surface area (Å²) in [5.74, 6) is -0.704. The lowest BCUT2D eigenvalue weighted by molar-refractivity contribution is -0.0441. The highest BCUT2D eigenvalue weighted by molar-refractivity contribution is 5.94. The lowest BCUT2D eigenvalue weighted by atomic mass is 9.94. The van der Waals surface area contributed by atoms with Gasteiger partial charge >= 0.3 is 0 Å². The molecule has 1 unspecified atom stereocenters. The Kier molecular flexibility index (Phi) is 3.90. The van der Waals surface area contributed by atoms with Crippen molar-refractivity contribution < 1.29 is 13.9 Å². The molecule has 4 heteroatoms. The smallest absolute Gasteiger partial charge is 0.256 e. The first kappa shape index (κ1) is 14.0. The number of carbonyl (C=O) groups excluding carboxylic acids is 1. The Morgan fingerprint density at radius 1 is 1.47 bits per heavy atom. The maximum atomic E-state index is 13.8. The van der Waals surface area contributed by atoms with Gasteiger partial charge < -0.3 is 9.64 Å². The van der Waals surface area contributed by atoms with E-state index in [0.29, 0.717) is 13.1 Å². The Balaban J connectivity index is 2.22. The van der Waals surface area contributed by atoms with Gasteiger partial charge in [0.1, 0.15) is 5.82 Å². The lowest BCUT2D eigenvalue weighted by Gasteiger charge is -2.39. The number of carbonyl (C=O) groups is 1. The summed E-state index contributed by atoms with van der Waals surface area (Å²) >= 11 is 0. The molecule has 2 rings (SSSR count). The Morgan fingerprint density at radius 3 is 2.89 bits per heavy atom. The standard InChI is InChI=1S/C15H20FNO2/c1-11-5-6-13(16)12(9-11)14(18)17-8-4-7-15(2,10-17)19-3/h5-6,9H,4,7-8,10H2,1-3H3. The van der Waals surface area contributed by atoms with E-state index in [2.05, 4.69) is 0 Å². The molecule has 1 atom stereocenters. The van der Waals surface area contributed by atoms with Crippen molar-refractivity contribution in [2.45, 2.75) is 32.3 Å². The molecule has 1 aliphatic heterocycles. The average Bonchev–Trinajstić information content (AvgIpc) is 2.41. The quantitative estimate of drug-likeness (QED) is 0.823. The Hall–Kier alpha value is -1.42. The molecular weight excluding hydrogens is 245 g/mol. The molecule has 1 saturated heterocycles. The van der Waals surface area contributed by atoms with Crippen molar-refractivity contribution in [3.05, 3.63) is 35.1 Å². The molecule has 1 aromatic carbocycles. The van der Waals surface area contributed by atoms with Crippen LogP contribution in [0.1, 0.15) is 35.7 Å². The highest BCUT2D eigenvalue weighted by Crippen LogP contribution is 2.25. The van der Waals surface area contributed by atoms with Crippen molar-refractivity contribution in [1.82, 2.24) is 4.90 Å². The maximum absolute atomic E-state index is 13.8. The summed E-state index contributed by atoms with van der Waals surface area (Å²) in [6.07, 6.45) is 1.80. The van der Waals surface area contributed by atoms with Crippen LogP contribution in [0.25, 0.3) is 0 Å². The summed E-state index contributed by atoms with van der Waals surface area (Å²) in [5, 5.41) is 0. The first-order chi connectivity index (χ1) is 8.95. The third-order valence-corrected chi connectivity index (χ3v) is 3.79. The number of amides is 1. The van der Waals surface area contributed by atoms with Gasteiger partial charge in [0.25, 0.3) is 5.91 Å². The fourth-order valence-electron chi connectivity index (χ4n) is 2.52. The lowest BCUT2D eigenvalue weighted by Crippen LogP contribution is -2.49.